The Morgan fingerprint density at radius 3 is 2.90 bits per heavy atom. The lowest BCUT2D eigenvalue weighted by Gasteiger charge is -2.20. The molecule has 20 heavy (non-hydrogen) atoms. The summed E-state index contributed by atoms with van der Waals surface area (Å²) in [4.78, 5) is 18.9. The van der Waals surface area contributed by atoms with E-state index in [9.17, 15) is 4.79 Å². The van der Waals surface area contributed by atoms with E-state index in [1.165, 1.54) is 6.42 Å². The van der Waals surface area contributed by atoms with Crippen LogP contribution in [0, 0.1) is 5.92 Å². The molecule has 0 aliphatic carbocycles. The van der Waals surface area contributed by atoms with Gasteiger partial charge in [-0.05, 0) is 51.2 Å². The van der Waals surface area contributed by atoms with Crippen LogP contribution in [0.15, 0.2) is 18.2 Å². The molecule has 0 radical (unpaired) electrons. The van der Waals surface area contributed by atoms with Gasteiger partial charge >= 0.3 is 0 Å². The van der Waals surface area contributed by atoms with Crippen molar-refractivity contribution in [3.8, 4) is 0 Å². The highest BCUT2D eigenvalue weighted by Gasteiger charge is 2.20. The van der Waals surface area contributed by atoms with Gasteiger partial charge in [-0.1, -0.05) is 13.0 Å². The molecule has 1 saturated heterocycles. The second-order valence-electron chi connectivity index (χ2n) is 6.04. The molecule has 1 amide bonds. The fourth-order valence-corrected chi connectivity index (χ4v) is 2.56. The second-order valence-corrected chi connectivity index (χ2v) is 6.04. The zero-order chi connectivity index (χ0) is 14.5. The first-order valence-corrected chi connectivity index (χ1v) is 7.59. The minimum atomic E-state index is 0.0616. The van der Waals surface area contributed by atoms with Crippen molar-refractivity contribution in [3.63, 3.8) is 0 Å². The lowest BCUT2D eigenvalue weighted by atomic mass is 10.0. The Labute approximate surface area is 121 Å². The van der Waals surface area contributed by atoms with Gasteiger partial charge in [0, 0.05) is 19.1 Å². The SMILES string of the molecule is CC1CCCN(C(=O)c2cccc(NC(C)C)n2)CC1. The molecule has 1 aliphatic rings. The fourth-order valence-electron chi connectivity index (χ4n) is 2.56. The second kappa shape index (κ2) is 6.73. The number of nitrogens with zero attached hydrogens (tertiary/aromatic N) is 2. The van der Waals surface area contributed by atoms with E-state index < -0.39 is 0 Å². The summed E-state index contributed by atoms with van der Waals surface area (Å²) in [5.74, 6) is 1.55. The summed E-state index contributed by atoms with van der Waals surface area (Å²) in [5, 5.41) is 3.24. The number of rotatable bonds is 3. The standard InChI is InChI=1S/C16H25N3O/c1-12(2)17-15-8-4-7-14(18-15)16(20)19-10-5-6-13(3)9-11-19/h4,7-8,12-13H,5-6,9-11H2,1-3H3,(H,17,18). The maximum absolute atomic E-state index is 12.5. The topological polar surface area (TPSA) is 45.2 Å². The molecule has 0 aromatic carbocycles. The van der Waals surface area contributed by atoms with Crippen LogP contribution in [0.4, 0.5) is 5.82 Å². The Morgan fingerprint density at radius 1 is 1.35 bits per heavy atom. The van der Waals surface area contributed by atoms with Crippen LogP contribution in [-0.2, 0) is 0 Å². The third-order valence-electron chi connectivity index (χ3n) is 3.71. The smallest absolute Gasteiger partial charge is 0.272 e. The van der Waals surface area contributed by atoms with E-state index in [0.717, 1.165) is 37.7 Å². The average Bonchev–Trinajstić information content (AvgIpc) is 2.62. The molecule has 0 spiro atoms. The average molecular weight is 275 g/mol. The number of carbonyl (C=O) groups is 1. The van der Waals surface area contributed by atoms with E-state index in [0.29, 0.717) is 11.7 Å². The molecular weight excluding hydrogens is 250 g/mol. The highest BCUT2D eigenvalue weighted by atomic mass is 16.2. The molecular formula is C16H25N3O. The lowest BCUT2D eigenvalue weighted by molar-refractivity contribution is 0.0754. The van der Waals surface area contributed by atoms with Crippen molar-refractivity contribution in [1.82, 2.24) is 9.88 Å². The van der Waals surface area contributed by atoms with Crippen LogP contribution in [0.25, 0.3) is 0 Å². The summed E-state index contributed by atoms with van der Waals surface area (Å²) in [6, 6.07) is 5.92. The molecule has 1 aromatic heterocycles. The van der Waals surface area contributed by atoms with Crippen molar-refractivity contribution in [1.29, 1.82) is 0 Å². The molecule has 1 aliphatic heterocycles. The zero-order valence-corrected chi connectivity index (χ0v) is 12.7. The van der Waals surface area contributed by atoms with Crippen molar-refractivity contribution < 1.29 is 4.79 Å². The highest BCUT2D eigenvalue weighted by Crippen LogP contribution is 2.18. The maximum atomic E-state index is 12.5. The maximum Gasteiger partial charge on any atom is 0.272 e. The van der Waals surface area contributed by atoms with Crippen molar-refractivity contribution in [2.75, 3.05) is 18.4 Å². The van der Waals surface area contributed by atoms with E-state index in [1.807, 2.05) is 23.1 Å². The Morgan fingerprint density at radius 2 is 2.15 bits per heavy atom. The van der Waals surface area contributed by atoms with E-state index in [1.54, 1.807) is 0 Å². The summed E-state index contributed by atoms with van der Waals surface area (Å²) < 4.78 is 0. The zero-order valence-electron chi connectivity index (χ0n) is 12.7. The third kappa shape index (κ3) is 3.95. The Kier molecular flexibility index (Phi) is 4.99. The largest absolute Gasteiger partial charge is 0.368 e. The number of carbonyl (C=O) groups excluding carboxylic acids is 1. The van der Waals surface area contributed by atoms with Crippen LogP contribution < -0.4 is 5.32 Å². The van der Waals surface area contributed by atoms with Gasteiger partial charge in [-0.3, -0.25) is 4.79 Å². The minimum absolute atomic E-state index is 0.0616. The van der Waals surface area contributed by atoms with Gasteiger partial charge in [0.15, 0.2) is 0 Å². The molecule has 4 heteroatoms. The minimum Gasteiger partial charge on any atom is -0.368 e. The van der Waals surface area contributed by atoms with Crippen LogP contribution in [0.1, 0.15) is 50.5 Å². The van der Waals surface area contributed by atoms with Gasteiger partial charge in [-0.15, -0.1) is 0 Å². The summed E-state index contributed by atoms with van der Waals surface area (Å²) in [5.41, 5.74) is 0.546. The monoisotopic (exact) mass is 275 g/mol. The van der Waals surface area contributed by atoms with Gasteiger partial charge in [0.05, 0.1) is 0 Å². The number of anilines is 1. The number of likely N-dealkylation sites (tertiary alicyclic amines) is 1. The predicted octanol–water partition coefficient (Wildman–Crippen LogP) is 3.16. The molecule has 0 bridgehead atoms. The molecule has 1 N–H and O–H groups in total. The van der Waals surface area contributed by atoms with Crippen molar-refractivity contribution in [3.05, 3.63) is 23.9 Å². The number of nitrogens with one attached hydrogen (secondary N) is 1. The molecule has 110 valence electrons. The third-order valence-corrected chi connectivity index (χ3v) is 3.71. The first-order chi connectivity index (χ1) is 9.56. The van der Waals surface area contributed by atoms with E-state index in [4.69, 9.17) is 0 Å². The van der Waals surface area contributed by atoms with Crippen LogP contribution >= 0.6 is 0 Å². The Bertz CT molecular complexity index is 459. The van der Waals surface area contributed by atoms with Crippen molar-refractivity contribution in [2.45, 2.75) is 46.1 Å². The lowest BCUT2D eigenvalue weighted by Crippen LogP contribution is -2.32. The summed E-state index contributed by atoms with van der Waals surface area (Å²) in [7, 11) is 0. The van der Waals surface area contributed by atoms with Gasteiger partial charge in [0.2, 0.25) is 0 Å². The van der Waals surface area contributed by atoms with E-state index >= 15 is 0 Å². The molecule has 4 nitrogen and oxygen atoms in total. The predicted molar refractivity (Wildman–Crippen MR) is 81.9 cm³/mol. The quantitative estimate of drug-likeness (QED) is 0.921. The normalized spacial score (nSPS) is 19.8. The fraction of sp³-hybridized carbons (Fsp3) is 0.625. The molecule has 1 atom stereocenters. The number of hydrogen-bond donors (Lipinski definition) is 1. The van der Waals surface area contributed by atoms with Crippen LogP contribution in [0.5, 0.6) is 0 Å². The number of pyridine rings is 1. The molecule has 0 saturated carbocycles. The van der Waals surface area contributed by atoms with Gasteiger partial charge in [-0.2, -0.15) is 0 Å². The number of amides is 1. The van der Waals surface area contributed by atoms with Gasteiger partial charge < -0.3 is 10.2 Å². The first-order valence-electron chi connectivity index (χ1n) is 7.59. The number of aromatic nitrogens is 1. The van der Waals surface area contributed by atoms with Crippen molar-refractivity contribution in [2.24, 2.45) is 5.92 Å². The molecule has 2 rings (SSSR count). The molecule has 1 fully saturated rings. The van der Waals surface area contributed by atoms with Gasteiger partial charge in [0.25, 0.3) is 5.91 Å². The molecule has 2 heterocycles. The van der Waals surface area contributed by atoms with Crippen molar-refractivity contribution >= 4 is 11.7 Å². The van der Waals surface area contributed by atoms with Crippen LogP contribution in [0.3, 0.4) is 0 Å². The molecule has 1 unspecified atom stereocenters. The molecule has 1 aromatic rings. The number of hydrogen-bond acceptors (Lipinski definition) is 3. The summed E-state index contributed by atoms with van der Waals surface area (Å²) in [6.45, 7) is 8.09. The highest BCUT2D eigenvalue weighted by molar-refractivity contribution is 5.92. The Balaban J connectivity index is 2.08. The Hall–Kier alpha value is -1.58. The van der Waals surface area contributed by atoms with Gasteiger partial charge in [0.1, 0.15) is 11.5 Å². The van der Waals surface area contributed by atoms with Crippen LogP contribution in [0.2, 0.25) is 0 Å². The van der Waals surface area contributed by atoms with E-state index in [-0.39, 0.29) is 5.91 Å². The summed E-state index contributed by atoms with van der Waals surface area (Å²) in [6.07, 6.45) is 3.40. The summed E-state index contributed by atoms with van der Waals surface area (Å²) >= 11 is 0. The van der Waals surface area contributed by atoms with Crippen LogP contribution in [-0.4, -0.2) is 34.9 Å². The van der Waals surface area contributed by atoms with E-state index in [2.05, 4.69) is 31.1 Å². The first kappa shape index (κ1) is 14.8. The van der Waals surface area contributed by atoms with Gasteiger partial charge in [-0.25, -0.2) is 4.98 Å².